The number of hydrogen-bond donors (Lipinski definition) is 4. The van der Waals surface area contributed by atoms with E-state index >= 15 is 0 Å². The molecule has 2 aromatic heterocycles. The zero-order chi connectivity index (χ0) is 20.4. The number of H-pyrrole nitrogens is 1. The number of aromatic amines is 1. The van der Waals surface area contributed by atoms with Crippen molar-refractivity contribution < 1.29 is 14.3 Å². The monoisotopic (exact) mass is 395 g/mol. The predicted octanol–water partition coefficient (Wildman–Crippen LogP) is 1.67. The van der Waals surface area contributed by atoms with Crippen LogP contribution in [0.1, 0.15) is 33.7 Å². The van der Waals surface area contributed by atoms with E-state index in [9.17, 15) is 14.7 Å². The van der Waals surface area contributed by atoms with Gasteiger partial charge in [0.15, 0.2) is 0 Å². The first-order chi connectivity index (χ1) is 14.0. The number of benzene rings is 1. The van der Waals surface area contributed by atoms with E-state index in [1.807, 2.05) is 24.4 Å². The van der Waals surface area contributed by atoms with Crippen molar-refractivity contribution in [3.05, 3.63) is 69.4 Å². The molecule has 3 aromatic rings. The first kappa shape index (κ1) is 19.4. The topological polar surface area (TPSA) is 107 Å². The molecule has 4 rings (SSSR count). The van der Waals surface area contributed by atoms with Gasteiger partial charge in [0.05, 0.1) is 12.1 Å². The number of nitrogens with one attached hydrogen (secondary N) is 3. The molecular formula is C22H25N3O4. The van der Waals surface area contributed by atoms with E-state index in [0.29, 0.717) is 37.3 Å². The lowest BCUT2D eigenvalue weighted by Crippen LogP contribution is -2.54. The summed E-state index contributed by atoms with van der Waals surface area (Å²) in [4.78, 5) is 28.3. The number of carbonyl (C=O) groups excluding carboxylic acids is 1. The van der Waals surface area contributed by atoms with Crippen LogP contribution >= 0.6 is 0 Å². The Balaban J connectivity index is 1.48. The highest BCUT2D eigenvalue weighted by atomic mass is 16.4. The Morgan fingerprint density at radius 1 is 1.31 bits per heavy atom. The molecule has 1 aliphatic rings. The summed E-state index contributed by atoms with van der Waals surface area (Å²) >= 11 is 0. The lowest BCUT2D eigenvalue weighted by atomic mass is 10.0. The van der Waals surface area contributed by atoms with E-state index in [2.05, 4.69) is 21.7 Å². The number of aromatic nitrogens is 1. The third-order valence-corrected chi connectivity index (χ3v) is 5.50. The minimum atomic E-state index is -0.644. The summed E-state index contributed by atoms with van der Waals surface area (Å²) in [6.45, 7) is 2.91. The summed E-state index contributed by atoms with van der Waals surface area (Å²) in [6.07, 6.45) is 3.19. The third kappa shape index (κ3) is 4.11. The molecule has 1 aliphatic heterocycles. The number of amides is 1. The molecule has 0 saturated carbocycles. The average molecular weight is 395 g/mol. The highest BCUT2D eigenvalue weighted by Crippen LogP contribution is 2.20. The van der Waals surface area contributed by atoms with Gasteiger partial charge >= 0.3 is 5.63 Å². The van der Waals surface area contributed by atoms with Gasteiger partial charge in [0.1, 0.15) is 11.3 Å². The predicted molar refractivity (Wildman–Crippen MR) is 110 cm³/mol. The maximum atomic E-state index is 12.6. The fourth-order valence-corrected chi connectivity index (χ4v) is 3.90. The number of piperidine rings is 1. The summed E-state index contributed by atoms with van der Waals surface area (Å²) in [5.41, 5.74) is 2.16. The summed E-state index contributed by atoms with van der Waals surface area (Å²) in [6, 6.07) is 9.39. The molecule has 7 nitrogen and oxygen atoms in total. The minimum Gasteiger partial charge on any atom is -0.427 e. The molecule has 4 N–H and O–H groups in total. The molecular weight excluding hydrogens is 370 g/mol. The number of rotatable bonds is 5. The van der Waals surface area contributed by atoms with E-state index in [1.54, 1.807) is 13.0 Å². The lowest BCUT2D eigenvalue weighted by Gasteiger charge is -2.29. The molecule has 2 atom stereocenters. The number of aryl methyl sites for hydroxylation is 3. The largest absolute Gasteiger partial charge is 0.427 e. The molecule has 1 saturated heterocycles. The quantitative estimate of drug-likeness (QED) is 0.526. The van der Waals surface area contributed by atoms with E-state index in [0.717, 1.165) is 22.9 Å². The van der Waals surface area contributed by atoms with Gasteiger partial charge in [-0.3, -0.25) is 4.79 Å². The van der Waals surface area contributed by atoms with E-state index in [4.69, 9.17) is 4.42 Å². The molecule has 0 spiro atoms. The van der Waals surface area contributed by atoms with Crippen molar-refractivity contribution >= 4 is 16.8 Å². The van der Waals surface area contributed by atoms with Crippen LogP contribution in [0.4, 0.5) is 0 Å². The summed E-state index contributed by atoms with van der Waals surface area (Å²) < 4.78 is 5.43. The van der Waals surface area contributed by atoms with E-state index in [-0.39, 0.29) is 5.56 Å². The zero-order valence-corrected chi connectivity index (χ0v) is 16.3. The summed E-state index contributed by atoms with van der Waals surface area (Å²) in [5.74, 6) is 0.0425. The van der Waals surface area contributed by atoms with Crippen molar-refractivity contribution in [1.29, 1.82) is 0 Å². The minimum absolute atomic E-state index is 0.00128. The van der Waals surface area contributed by atoms with Gasteiger partial charge in [-0.25, -0.2) is 4.79 Å². The number of para-hydroxylation sites is 1. The SMILES string of the molecule is Cc1cc(CCc2c[nH]c3ccccc23)oc(=O)c1C(=O)N[C@H]1CNCC[C@H]1O. The molecule has 3 heterocycles. The lowest BCUT2D eigenvalue weighted by molar-refractivity contribution is 0.0751. The van der Waals surface area contributed by atoms with Gasteiger partial charge in [-0.05, 0) is 49.6 Å². The zero-order valence-electron chi connectivity index (χ0n) is 16.3. The van der Waals surface area contributed by atoms with Gasteiger partial charge in [0.25, 0.3) is 5.91 Å². The Bertz CT molecular complexity index is 1090. The second kappa shape index (κ2) is 8.23. The molecule has 152 valence electrons. The maximum Gasteiger partial charge on any atom is 0.349 e. The average Bonchev–Trinajstić information content (AvgIpc) is 3.11. The van der Waals surface area contributed by atoms with Crippen LogP contribution in [-0.4, -0.2) is 41.2 Å². The summed E-state index contributed by atoms with van der Waals surface area (Å²) in [5, 5.41) is 17.0. The number of fused-ring (bicyclic) bond motifs is 1. The van der Waals surface area contributed by atoms with Gasteiger partial charge in [-0.1, -0.05) is 18.2 Å². The molecule has 1 aromatic carbocycles. The maximum absolute atomic E-state index is 12.6. The van der Waals surface area contributed by atoms with Gasteiger partial charge in [0, 0.05) is 30.1 Å². The van der Waals surface area contributed by atoms with Gasteiger partial charge in [-0.15, -0.1) is 0 Å². The number of aliphatic hydroxyl groups is 1. The number of aliphatic hydroxyl groups excluding tert-OH is 1. The standard InChI is InChI=1S/C22H25N3O4/c1-13-10-15(7-6-14-11-24-17-5-3-2-4-16(14)17)29-22(28)20(13)21(27)25-18-12-23-9-8-19(18)26/h2-5,10-11,18-19,23-24,26H,6-9,12H2,1H3,(H,25,27)/t18-,19+/m0/s1. The molecule has 1 fully saturated rings. The van der Waals surface area contributed by atoms with Gasteiger partial charge < -0.3 is 25.1 Å². The summed E-state index contributed by atoms with van der Waals surface area (Å²) in [7, 11) is 0. The van der Waals surface area contributed by atoms with Crippen molar-refractivity contribution in [2.75, 3.05) is 13.1 Å². The Morgan fingerprint density at radius 3 is 2.93 bits per heavy atom. The highest BCUT2D eigenvalue weighted by Gasteiger charge is 2.26. The molecule has 0 radical (unpaired) electrons. The Hall–Kier alpha value is -2.90. The van der Waals surface area contributed by atoms with Crippen LogP contribution in [-0.2, 0) is 12.8 Å². The van der Waals surface area contributed by atoms with Crippen LogP contribution in [0.3, 0.4) is 0 Å². The molecule has 0 bridgehead atoms. The molecule has 0 aliphatic carbocycles. The fraction of sp³-hybridized carbons (Fsp3) is 0.364. The Kier molecular flexibility index (Phi) is 5.51. The smallest absolute Gasteiger partial charge is 0.349 e. The van der Waals surface area contributed by atoms with E-state index in [1.165, 1.54) is 0 Å². The van der Waals surface area contributed by atoms with Crippen LogP contribution in [0.2, 0.25) is 0 Å². The van der Waals surface area contributed by atoms with Crippen LogP contribution in [0.15, 0.2) is 45.7 Å². The Morgan fingerprint density at radius 2 is 2.14 bits per heavy atom. The normalized spacial score (nSPS) is 19.4. The highest BCUT2D eigenvalue weighted by molar-refractivity contribution is 5.95. The van der Waals surface area contributed by atoms with Crippen molar-refractivity contribution in [2.45, 2.75) is 38.3 Å². The number of hydrogen-bond acceptors (Lipinski definition) is 5. The number of carbonyl (C=O) groups is 1. The first-order valence-electron chi connectivity index (χ1n) is 9.91. The van der Waals surface area contributed by atoms with Gasteiger partial charge in [-0.2, -0.15) is 0 Å². The fourth-order valence-electron chi connectivity index (χ4n) is 3.90. The van der Waals surface area contributed by atoms with Crippen LogP contribution in [0.25, 0.3) is 10.9 Å². The van der Waals surface area contributed by atoms with Crippen LogP contribution in [0.5, 0.6) is 0 Å². The van der Waals surface area contributed by atoms with Crippen molar-refractivity contribution in [2.24, 2.45) is 0 Å². The molecule has 7 heteroatoms. The third-order valence-electron chi connectivity index (χ3n) is 5.50. The van der Waals surface area contributed by atoms with Crippen molar-refractivity contribution in [3.63, 3.8) is 0 Å². The van der Waals surface area contributed by atoms with Crippen molar-refractivity contribution in [3.8, 4) is 0 Å². The molecule has 0 unspecified atom stereocenters. The second-order valence-electron chi connectivity index (χ2n) is 7.56. The van der Waals surface area contributed by atoms with Crippen molar-refractivity contribution in [1.82, 2.24) is 15.6 Å². The molecule has 1 amide bonds. The van der Waals surface area contributed by atoms with Crippen LogP contribution in [0, 0.1) is 6.92 Å². The second-order valence-corrected chi connectivity index (χ2v) is 7.56. The van der Waals surface area contributed by atoms with Crippen LogP contribution < -0.4 is 16.3 Å². The Labute approximate surface area is 168 Å². The van der Waals surface area contributed by atoms with E-state index < -0.39 is 23.7 Å². The van der Waals surface area contributed by atoms with Gasteiger partial charge in [0.2, 0.25) is 0 Å². The first-order valence-corrected chi connectivity index (χ1v) is 9.91. The molecule has 29 heavy (non-hydrogen) atoms.